The van der Waals surface area contributed by atoms with Crippen LogP contribution in [0.1, 0.15) is 20.8 Å². The zero-order chi connectivity index (χ0) is 20.8. The van der Waals surface area contributed by atoms with E-state index in [1.165, 1.54) is 14.0 Å². The number of benzene rings is 1. The van der Waals surface area contributed by atoms with Crippen LogP contribution in [0.2, 0.25) is 0 Å². The molecule has 9 heteroatoms. The second kappa shape index (κ2) is 9.41. The number of rotatable bonds is 7. The van der Waals surface area contributed by atoms with Crippen LogP contribution in [-0.2, 0) is 28.7 Å². The minimum atomic E-state index is -1.19. The third-order valence-corrected chi connectivity index (χ3v) is 4.76. The Bertz CT molecular complexity index is 802. The number of para-hydroxylation sites is 1. The second-order valence-corrected chi connectivity index (χ2v) is 7.35. The maximum absolute atomic E-state index is 12.6. The Hall–Kier alpha value is -2.81. The van der Waals surface area contributed by atoms with Crippen LogP contribution in [-0.4, -0.2) is 53.1 Å². The van der Waals surface area contributed by atoms with Crippen LogP contribution in [0.25, 0.3) is 0 Å². The lowest BCUT2D eigenvalue weighted by molar-refractivity contribution is -0.176. The normalized spacial score (nSPS) is 18.0. The average Bonchev–Trinajstić information content (AvgIpc) is 2.67. The van der Waals surface area contributed by atoms with Crippen molar-refractivity contribution in [1.82, 2.24) is 4.90 Å². The molecule has 0 radical (unpaired) electrons. The van der Waals surface area contributed by atoms with Crippen molar-refractivity contribution in [1.29, 1.82) is 0 Å². The van der Waals surface area contributed by atoms with Gasteiger partial charge in [0.2, 0.25) is 6.10 Å². The Labute approximate surface area is 166 Å². The number of β-lactam (4-membered cyclic amide) rings is 1. The van der Waals surface area contributed by atoms with Gasteiger partial charge in [0, 0.05) is 6.92 Å². The van der Waals surface area contributed by atoms with Crippen molar-refractivity contribution < 1.29 is 33.4 Å². The van der Waals surface area contributed by atoms with Gasteiger partial charge < -0.3 is 14.2 Å². The highest BCUT2D eigenvalue weighted by atomic mass is 32.2. The van der Waals surface area contributed by atoms with Gasteiger partial charge in [-0.2, -0.15) is 0 Å². The molecule has 0 spiro atoms. The summed E-state index contributed by atoms with van der Waals surface area (Å²) in [5, 5.41) is -1.14. The van der Waals surface area contributed by atoms with Crippen LogP contribution in [0, 0.1) is 0 Å². The highest BCUT2D eigenvalue weighted by molar-refractivity contribution is 8.14. The molecule has 1 aromatic carbocycles. The van der Waals surface area contributed by atoms with Gasteiger partial charge in [-0.05, 0) is 31.6 Å². The van der Waals surface area contributed by atoms with Crippen LogP contribution in [0.5, 0.6) is 5.75 Å². The molecule has 2 atom stereocenters. The fourth-order valence-electron chi connectivity index (χ4n) is 2.54. The Kier molecular flexibility index (Phi) is 7.22. The second-order valence-electron chi connectivity index (χ2n) is 6.06. The first-order chi connectivity index (χ1) is 13.3. The summed E-state index contributed by atoms with van der Waals surface area (Å²) < 4.78 is 15.2. The Morgan fingerprint density at radius 2 is 1.75 bits per heavy atom. The number of ether oxygens (including phenoxy) is 3. The zero-order valence-corrected chi connectivity index (χ0v) is 16.8. The van der Waals surface area contributed by atoms with Gasteiger partial charge in [0.05, 0.1) is 7.11 Å². The van der Waals surface area contributed by atoms with E-state index in [4.69, 9.17) is 14.2 Å². The monoisotopic (exact) mass is 407 g/mol. The quantitative estimate of drug-likeness (QED) is 0.384. The summed E-state index contributed by atoms with van der Waals surface area (Å²) in [6, 6.07) is 8.66. The molecule has 0 aromatic heterocycles. The Morgan fingerprint density at radius 1 is 1.11 bits per heavy atom. The van der Waals surface area contributed by atoms with E-state index in [2.05, 4.69) is 0 Å². The van der Waals surface area contributed by atoms with Gasteiger partial charge >= 0.3 is 11.9 Å². The SMILES string of the molecule is COC(=O)C(=C(C)C)N1C(=O)[C@H](OC(=O)COc2ccccc2)[C@H]1SC(C)=O. The smallest absolute Gasteiger partial charge is 0.354 e. The van der Waals surface area contributed by atoms with Crippen LogP contribution >= 0.6 is 11.8 Å². The van der Waals surface area contributed by atoms with E-state index in [-0.39, 0.29) is 10.8 Å². The standard InChI is InChI=1S/C19H21NO7S/c1-11(2)15(19(24)25-4)20-17(23)16(18(20)28-12(3)21)27-14(22)10-26-13-8-6-5-7-9-13/h5-9,16,18H,10H2,1-4H3/t16-,18+/m0/s1. The van der Waals surface area contributed by atoms with Crippen molar-refractivity contribution in [2.75, 3.05) is 13.7 Å². The number of likely N-dealkylation sites (tertiary alicyclic amines) is 1. The summed E-state index contributed by atoms with van der Waals surface area (Å²) in [7, 11) is 1.20. The van der Waals surface area contributed by atoms with Crippen LogP contribution in [0.4, 0.5) is 0 Å². The zero-order valence-electron chi connectivity index (χ0n) is 16.0. The lowest BCUT2D eigenvalue weighted by Crippen LogP contribution is -2.65. The molecule has 1 saturated heterocycles. The van der Waals surface area contributed by atoms with Crippen molar-refractivity contribution in [2.24, 2.45) is 0 Å². The van der Waals surface area contributed by atoms with E-state index in [0.717, 1.165) is 16.7 Å². The van der Waals surface area contributed by atoms with Crippen LogP contribution in [0.15, 0.2) is 41.6 Å². The predicted molar refractivity (Wildman–Crippen MR) is 101 cm³/mol. The molecule has 8 nitrogen and oxygen atoms in total. The predicted octanol–water partition coefficient (Wildman–Crippen LogP) is 1.89. The van der Waals surface area contributed by atoms with Gasteiger partial charge in [-0.25, -0.2) is 9.59 Å². The lowest BCUT2D eigenvalue weighted by atomic mass is 10.1. The summed E-state index contributed by atoms with van der Waals surface area (Å²) in [5.41, 5.74) is 0.561. The number of carbonyl (C=O) groups is 4. The molecule has 28 heavy (non-hydrogen) atoms. The maximum Gasteiger partial charge on any atom is 0.354 e. The number of allylic oxidation sites excluding steroid dienone is 1. The minimum absolute atomic E-state index is 0.0269. The molecule has 1 fully saturated rings. The average molecular weight is 407 g/mol. The molecule has 0 saturated carbocycles. The molecule has 150 valence electrons. The third kappa shape index (κ3) is 4.92. The number of carbonyl (C=O) groups excluding carboxylic acids is 4. The molecule has 1 aromatic rings. The van der Waals surface area contributed by atoms with Crippen molar-refractivity contribution in [3.05, 3.63) is 41.6 Å². The van der Waals surface area contributed by atoms with Gasteiger partial charge in [-0.3, -0.25) is 14.5 Å². The number of thioether (sulfide) groups is 1. The fraction of sp³-hybridized carbons (Fsp3) is 0.368. The first-order valence-corrected chi connectivity index (χ1v) is 9.27. The number of esters is 2. The summed E-state index contributed by atoms with van der Waals surface area (Å²) >= 11 is 0.797. The van der Waals surface area contributed by atoms with E-state index in [0.29, 0.717) is 11.3 Å². The van der Waals surface area contributed by atoms with E-state index < -0.39 is 35.9 Å². The van der Waals surface area contributed by atoms with E-state index in [1.54, 1.807) is 44.2 Å². The number of methoxy groups -OCH3 is 1. The minimum Gasteiger partial charge on any atom is -0.482 e. The molecule has 0 bridgehead atoms. The summed E-state index contributed by atoms with van der Waals surface area (Å²) in [4.78, 5) is 49.4. The van der Waals surface area contributed by atoms with Crippen molar-refractivity contribution >= 4 is 34.7 Å². The summed E-state index contributed by atoms with van der Waals surface area (Å²) in [6.45, 7) is 4.21. The fourth-order valence-corrected chi connectivity index (χ4v) is 3.49. The number of nitrogens with zero attached hydrogens (tertiary/aromatic N) is 1. The van der Waals surface area contributed by atoms with Gasteiger partial charge in [-0.1, -0.05) is 30.0 Å². The van der Waals surface area contributed by atoms with Crippen LogP contribution < -0.4 is 4.74 Å². The third-order valence-electron chi connectivity index (χ3n) is 3.73. The largest absolute Gasteiger partial charge is 0.482 e. The molecule has 1 amide bonds. The molecule has 0 aliphatic carbocycles. The maximum atomic E-state index is 12.6. The lowest BCUT2D eigenvalue weighted by Gasteiger charge is -2.45. The molecular weight excluding hydrogens is 386 g/mol. The number of hydrogen-bond acceptors (Lipinski definition) is 8. The summed E-state index contributed by atoms with van der Waals surface area (Å²) in [6.07, 6.45) is -1.19. The Balaban J connectivity index is 2.10. The topological polar surface area (TPSA) is 99.2 Å². The van der Waals surface area contributed by atoms with Gasteiger partial charge in [-0.15, -0.1) is 0 Å². The van der Waals surface area contributed by atoms with Crippen molar-refractivity contribution in [2.45, 2.75) is 32.2 Å². The first kappa shape index (κ1) is 21.5. The van der Waals surface area contributed by atoms with Crippen molar-refractivity contribution in [3.8, 4) is 5.75 Å². The summed E-state index contributed by atoms with van der Waals surface area (Å²) in [5.74, 6) is -1.59. The molecular formula is C19H21NO7S. The highest BCUT2D eigenvalue weighted by Gasteiger charge is 2.54. The number of hydrogen-bond donors (Lipinski definition) is 0. The van der Waals surface area contributed by atoms with Gasteiger partial charge in [0.15, 0.2) is 11.7 Å². The molecule has 0 N–H and O–H groups in total. The van der Waals surface area contributed by atoms with Crippen molar-refractivity contribution in [3.63, 3.8) is 0 Å². The highest BCUT2D eigenvalue weighted by Crippen LogP contribution is 2.37. The molecule has 1 aliphatic rings. The van der Waals surface area contributed by atoms with Gasteiger partial charge in [0.1, 0.15) is 16.8 Å². The van der Waals surface area contributed by atoms with E-state index in [1.807, 2.05) is 0 Å². The number of amides is 1. The Morgan fingerprint density at radius 3 is 2.29 bits per heavy atom. The van der Waals surface area contributed by atoms with E-state index in [9.17, 15) is 19.2 Å². The van der Waals surface area contributed by atoms with E-state index >= 15 is 0 Å². The van der Waals surface area contributed by atoms with Crippen LogP contribution in [0.3, 0.4) is 0 Å². The first-order valence-electron chi connectivity index (χ1n) is 8.39. The van der Waals surface area contributed by atoms with Gasteiger partial charge in [0.25, 0.3) is 5.91 Å². The molecule has 1 heterocycles. The molecule has 1 aliphatic heterocycles. The molecule has 2 rings (SSSR count). The molecule has 0 unspecified atom stereocenters.